The number of ether oxygens (including phenoxy) is 1. The lowest BCUT2D eigenvalue weighted by molar-refractivity contribution is 0.117. The van der Waals surface area contributed by atoms with Crippen molar-refractivity contribution in [2.75, 3.05) is 26.8 Å². The lowest BCUT2D eigenvalue weighted by Crippen LogP contribution is -2.36. The van der Waals surface area contributed by atoms with Crippen molar-refractivity contribution in [3.8, 4) is 6.07 Å². The van der Waals surface area contributed by atoms with E-state index in [1.807, 2.05) is 0 Å². The highest BCUT2D eigenvalue weighted by atomic mass is 32.2. The Morgan fingerprint density at radius 3 is 2.69 bits per heavy atom. The van der Waals surface area contributed by atoms with Gasteiger partial charge in [0.05, 0.1) is 12.7 Å². The van der Waals surface area contributed by atoms with Crippen molar-refractivity contribution in [3.05, 3.63) is 0 Å². The molecule has 1 fully saturated rings. The molecule has 1 rings (SSSR count). The molecular formula is C10H18N2O3S. The summed E-state index contributed by atoms with van der Waals surface area (Å²) in [4.78, 5) is 0. The van der Waals surface area contributed by atoms with E-state index in [0.29, 0.717) is 19.1 Å². The Bertz CT molecular complexity index is 357. The molecule has 16 heavy (non-hydrogen) atoms. The average molecular weight is 246 g/mol. The van der Waals surface area contributed by atoms with Crippen LogP contribution in [0, 0.1) is 17.2 Å². The highest BCUT2D eigenvalue weighted by Gasteiger charge is 2.26. The van der Waals surface area contributed by atoms with Gasteiger partial charge in [-0.1, -0.05) is 0 Å². The first-order chi connectivity index (χ1) is 7.48. The van der Waals surface area contributed by atoms with Gasteiger partial charge < -0.3 is 4.74 Å². The van der Waals surface area contributed by atoms with Crippen molar-refractivity contribution in [1.82, 2.24) is 4.31 Å². The maximum atomic E-state index is 11.6. The second kappa shape index (κ2) is 5.62. The number of hydrogen-bond acceptors (Lipinski definition) is 4. The first-order valence-corrected chi connectivity index (χ1v) is 6.91. The zero-order chi connectivity index (χ0) is 12.2. The lowest BCUT2D eigenvalue weighted by Gasteiger charge is -2.18. The molecule has 6 heteroatoms. The van der Waals surface area contributed by atoms with Gasteiger partial charge in [-0.25, -0.2) is 12.7 Å². The minimum atomic E-state index is -3.48. The van der Waals surface area contributed by atoms with Gasteiger partial charge in [0.15, 0.2) is 5.25 Å². The molecule has 1 unspecified atom stereocenters. The Hall–Kier alpha value is -0.640. The summed E-state index contributed by atoms with van der Waals surface area (Å²) < 4.78 is 29.8. The molecule has 1 saturated carbocycles. The van der Waals surface area contributed by atoms with Crippen LogP contribution in [0.5, 0.6) is 0 Å². The van der Waals surface area contributed by atoms with Crippen molar-refractivity contribution < 1.29 is 13.2 Å². The summed E-state index contributed by atoms with van der Waals surface area (Å²) in [7, 11) is -2.01. The SMILES string of the molecule is CC(C#N)S(=O)(=O)N(C)CCOCC1CC1. The number of rotatable bonds is 7. The molecule has 0 heterocycles. The molecule has 0 radical (unpaired) electrons. The lowest BCUT2D eigenvalue weighted by atomic mass is 10.5. The van der Waals surface area contributed by atoms with Crippen LogP contribution in [0.25, 0.3) is 0 Å². The fourth-order valence-electron chi connectivity index (χ4n) is 1.19. The molecule has 0 aromatic rings. The summed E-state index contributed by atoms with van der Waals surface area (Å²) in [6.07, 6.45) is 2.44. The molecule has 0 aromatic heterocycles. The van der Waals surface area contributed by atoms with Gasteiger partial charge in [-0.2, -0.15) is 5.26 Å². The third-order valence-electron chi connectivity index (χ3n) is 2.66. The molecule has 5 nitrogen and oxygen atoms in total. The molecule has 0 N–H and O–H groups in total. The highest BCUT2D eigenvalue weighted by molar-refractivity contribution is 7.89. The maximum Gasteiger partial charge on any atom is 0.230 e. The summed E-state index contributed by atoms with van der Waals surface area (Å²) in [5.74, 6) is 0.681. The van der Waals surface area contributed by atoms with E-state index in [1.54, 1.807) is 6.07 Å². The monoisotopic (exact) mass is 246 g/mol. The van der Waals surface area contributed by atoms with Gasteiger partial charge in [-0.15, -0.1) is 0 Å². The molecule has 0 saturated heterocycles. The van der Waals surface area contributed by atoms with Gasteiger partial charge in [0.2, 0.25) is 10.0 Å². The molecule has 0 aromatic carbocycles. The molecule has 0 aliphatic heterocycles. The molecule has 1 atom stereocenters. The van der Waals surface area contributed by atoms with Crippen LogP contribution in [-0.2, 0) is 14.8 Å². The van der Waals surface area contributed by atoms with Crippen LogP contribution >= 0.6 is 0 Å². The average Bonchev–Trinajstić information content (AvgIpc) is 3.06. The summed E-state index contributed by atoms with van der Waals surface area (Å²) in [6, 6.07) is 1.73. The highest BCUT2D eigenvalue weighted by Crippen LogP contribution is 2.28. The van der Waals surface area contributed by atoms with Crippen molar-refractivity contribution in [2.24, 2.45) is 5.92 Å². The quantitative estimate of drug-likeness (QED) is 0.616. The van der Waals surface area contributed by atoms with E-state index < -0.39 is 15.3 Å². The minimum absolute atomic E-state index is 0.307. The van der Waals surface area contributed by atoms with Crippen LogP contribution in [-0.4, -0.2) is 44.8 Å². The van der Waals surface area contributed by atoms with Crippen molar-refractivity contribution in [3.63, 3.8) is 0 Å². The Labute approximate surface area is 97.0 Å². The topological polar surface area (TPSA) is 70.4 Å². The summed E-state index contributed by atoms with van der Waals surface area (Å²) >= 11 is 0. The predicted octanol–water partition coefficient (Wildman–Crippen LogP) is 0.587. The van der Waals surface area contributed by atoms with Crippen LogP contribution in [0.2, 0.25) is 0 Å². The Morgan fingerprint density at radius 1 is 1.56 bits per heavy atom. The van der Waals surface area contributed by atoms with Crippen molar-refractivity contribution in [1.29, 1.82) is 5.26 Å². The number of hydrogen-bond donors (Lipinski definition) is 0. The second-order valence-corrected chi connectivity index (χ2v) is 6.52. The van der Waals surface area contributed by atoms with Gasteiger partial charge >= 0.3 is 0 Å². The van der Waals surface area contributed by atoms with E-state index in [4.69, 9.17) is 10.00 Å². The number of sulfonamides is 1. The Morgan fingerprint density at radius 2 is 2.19 bits per heavy atom. The van der Waals surface area contributed by atoms with Crippen LogP contribution in [0.3, 0.4) is 0 Å². The summed E-state index contributed by atoms with van der Waals surface area (Å²) in [6.45, 7) is 2.81. The molecular weight excluding hydrogens is 228 g/mol. The predicted molar refractivity (Wildman–Crippen MR) is 60.2 cm³/mol. The summed E-state index contributed by atoms with van der Waals surface area (Å²) in [5.41, 5.74) is 0. The Kier molecular flexibility index (Phi) is 4.71. The maximum absolute atomic E-state index is 11.6. The fraction of sp³-hybridized carbons (Fsp3) is 0.900. The van der Waals surface area contributed by atoms with Crippen molar-refractivity contribution >= 4 is 10.0 Å². The van der Waals surface area contributed by atoms with Crippen LogP contribution in [0.4, 0.5) is 0 Å². The Balaban J connectivity index is 2.27. The van der Waals surface area contributed by atoms with Crippen molar-refractivity contribution in [2.45, 2.75) is 25.0 Å². The largest absolute Gasteiger partial charge is 0.380 e. The molecule has 1 aliphatic rings. The molecule has 0 spiro atoms. The van der Waals surface area contributed by atoms with E-state index in [2.05, 4.69) is 0 Å². The van der Waals surface area contributed by atoms with E-state index in [0.717, 1.165) is 6.61 Å². The van der Waals surface area contributed by atoms with Crippen LogP contribution < -0.4 is 0 Å². The van der Waals surface area contributed by atoms with E-state index in [1.165, 1.54) is 31.1 Å². The smallest absolute Gasteiger partial charge is 0.230 e. The van der Waals surface area contributed by atoms with E-state index in [9.17, 15) is 8.42 Å². The van der Waals surface area contributed by atoms with Gasteiger partial charge in [-0.05, 0) is 25.7 Å². The number of nitrogens with zero attached hydrogens (tertiary/aromatic N) is 2. The van der Waals surface area contributed by atoms with Crippen LogP contribution in [0.1, 0.15) is 19.8 Å². The summed E-state index contributed by atoms with van der Waals surface area (Å²) in [5, 5.41) is 7.59. The zero-order valence-electron chi connectivity index (χ0n) is 9.72. The van der Waals surface area contributed by atoms with Gasteiger partial charge in [-0.3, -0.25) is 0 Å². The third-order valence-corrected chi connectivity index (χ3v) is 4.71. The molecule has 0 amide bonds. The van der Waals surface area contributed by atoms with Crippen LogP contribution in [0.15, 0.2) is 0 Å². The second-order valence-electron chi connectivity index (χ2n) is 4.16. The minimum Gasteiger partial charge on any atom is -0.380 e. The fourth-order valence-corrected chi connectivity index (χ4v) is 2.19. The molecule has 0 bridgehead atoms. The standard InChI is InChI=1S/C10H18N2O3S/c1-9(7-11)16(13,14)12(2)5-6-15-8-10-3-4-10/h9-10H,3-6,8H2,1-2H3. The van der Waals surface area contributed by atoms with Gasteiger partial charge in [0, 0.05) is 20.2 Å². The zero-order valence-corrected chi connectivity index (χ0v) is 10.5. The van der Waals surface area contributed by atoms with Gasteiger partial charge in [0.1, 0.15) is 0 Å². The number of nitriles is 1. The first kappa shape index (κ1) is 13.4. The molecule has 1 aliphatic carbocycles. The normalized spacial score (nSPS) is 18.4. The van der Waals surface area contributed by atoms with Gasteiger partial charge in [0.25, 0.3) is 0 Å². The van der Waals surface area contributed by atoms with E-state index in [-0.39, 0.29) is 0 Å². The number of likely N-dealkylation sites (N-methyl/N-ethyl adjacent to an activating group) is 1. The van der Waals surface area contributed by atoms with E-state index >= 15 is 0 Å². The third kappa shape index (κ3) is 3.74. The molecule has 92 valence electrons. The first-order valence-electron chi connectivity index (χ1n) is 5.41.